The molecule has 4 rings (SSSR count). The Kier molecular flexibility index (Phi) is 12.3. The van der Waals surface area contributed by atoms with Gasteiger partial charge in [-0.15, -0.1) is 36.5 Å². The van der Waals surface area contributed by atoms with Crippen LogP contribution >= 0.6 is 22.6 Å². The first kappa shape index (κ1) is 33.8. The first-order valence-corrected chi connectivity index (χ1v) is 13.2. The molecule has 0 aliphatic heterocycles. The van der Waals surface area contributed by atoms with Gasteiger partial charge in [-0.05, 0) is 71.1 Å². The van der Waals surface area contributed by atoms with E-state index in [0.29, 0.717) is 49.6 Å². The second-order valence-corrected chi connectivity index (χ2v) is 9.25. The predicted octanol–water partition coefficient (Wildman–Crippen LogP) is 6.20. The van der Waals surface area contributed by atoms with Crippen LogP contribution in [0.5, 0.6) is 23.3 Å². The summed E-state index contributed by atoms with van der Waals surface area (Å²) in [5, 5.41) is 8.36. The molecule has 0 radical (unpaired) electrons. The van der Waals surface area contributed by atoms with E-state index in [9.17, 15) is 26.3 Å². The normalized spacial score (nSPS) is 11.5. The molecular weight excluding hydrogens is 705 g/mol. The molecule has 0 saturated carbocycles. The number of hydrogen-bond acceptors (Lipinski definition) is 8. The van der Waals surface area contributed by atoms with Crippen LogP contribution in [-0.2, 0) is 9.47 Å². The lowest BCUT2D eigenvalue weighted by Crippen LogP contribution is -2.17. The Morgan fingerprint density at radius 3 is 1.63 bits per heavy atom. The Balaban J connectivity index is 0.000000236. The van der Waals surface area contributed by atoms with E-state index in [1.165, 1.54) is 57.9 Å². The zero-order chi connectivity index (χ0) is 31.5. The van der Waals surface area contributed by atoms with E-state index in [1.54, 1.807) is 32.7 Å². The van der Waals surface area contributed by atoms with E-state index in [1.807, 2.05) is 0 Å². The molecule has 4 aromatic rings. The van der Waals surface area contributed by atoms with Crippen LogP contribution in [0.15, 0.2) is 67.0 Å². The summed E-state index contributed by atoms with van der Waals surface area (Å²) in [7, 11) is 3.13. The molecule has 0 bridgehead atoms. The van der Waals surface area contributed by atoms with Crippen LogP contribution in [-0.4, -0.2) is 72.9 Å². The highest BCUT2D eigenvalue weighted by Crippen LogP contribution is 2.26. The van der Waals surface area contributed by atoms with Crippen molar-refractivity contribution in [2.45, 2.75) is 12.7 Å². The van der Waals surface area contributed by atoms with Gasteiger partial charge < -0.3 is 28.4 Å². The van der Waals surface area contributed by atoms with Gasteiger partial charge in [-0.2, -0.15) is 0 Å². The van der Waals surface area contributed by atoms with Gasteiger partial charge in [0.2, 0.25) is 11.8 Å². The molecule has 0 saturated heterocycles. The molecule has 0 amide bonds. The van der Waals surface area contributed by atoms with E-state index in [4.69, 9.17) is 18.9 Å². The lowest BCUT2D eigenvalue weighted by atomic mass is 10.3. The Morgan fingerprint density at radius 2 is 1.14 bits per heavy atom. The van der Waals surface area contributed by atoms with Gasteiger partial charge in [0.05, 0.1) is 28.2 Å². The third-order valence-electron chi connectivity index (χ3n) is 4.94. The SMILES string of the molecule is COCCOc1ccn(-c2ccc(OC(F)(F)F)cc2)n1.COCCOc1nn(-c2ccc(OC(F)(F)F)cc2)cc1I. The Hall–Kier alpha value is -3.71. The van der Waals surface area contributed by atoms with Crippen molar-refractivity contribution in [1.82, 2.24) is 19.6 Å². The minimum atomic E-state index is -4.70. The van der Waals surface area contributed by atoms with Crippen LogP contribution < -0.4 is 18.9 Å². The lowest BCUT2D eigenvalue weighted by Gasteiger charge is -2.09. The summed E-state index contributed by atoms with van der Waals surface area (Å²) in [5.74, 6) is 0.278. The molecule has 17 heteroatoms. The molecule has 0 spiro atoms. The largest absolute Gasteiger partial charge is 0.573 e. The number of nitrogens with zero attached hydrogens (tertiary/aromatic N) is 4. The number of methoxy groups -OCH3 is 2. The Morgan fingerprint density at radius 1 is 0.651 bits per heavy atom. The molecular formula is C26H25F6IN4O6. The summed E-state index contributed by atoms with van der Waals surface area (Å²) in [6, 6.07) is 12.4. The smallest absolute Gasteiger partial charge is 0.474 e. The second kappa shape index (κ2) is 15.7. The summed E-state index contributed by atoms with van der Waals surface area (Å²) in [6.07, 6.45) is -6.05. The van der Waals surface area contributed by atoms with E-state index < -0.39 is 12.7 Å². The molecule has 0 fully saturated rings. The van der Waals surface area contributed by atoms with Crippen molar-refractivity contribution in [1.29, 1.82) is 0 Å². The fourth-order valence-electron chi connectivity index (χ4n) is 3.15. The van der Waals surface area contributed by atoms with Crippen LogP contribution in [0.4, 0.5) is 26.3 Å². The number of rotatable bonds is 12. The third-order valence-corrected chi connectivity index (χ3v) is 5.68. The van der Waals surface area contributed by atoms with E-state index in [-0.39, 0.29) is 11.5 Å². The molecule has 0 atom stereocenters. The molecule has 2 aromatic carbocycles. The predicted molar refractivity (Wildman–Crippen MR) is 148 cm³/mol. The second-order valence-electron chi connectivity index (χ2n) is 8.09. The number of halogens is 7. The Labute approximate surface area is 255 Å². The number of alkyl halides is 6. The van der Waals surface area contributed by atoms with Crippen LogP contribution in [0.1, 0.15) is 0 Å². The summed E-state index contributed by atoms with van der Waals surface area (Å²) in [6.45, 7) is 1.61. The maximum absolute atomic E-state index is 12.1. The number of hydrogen-bond donors (Lipinski definition) is 0. The van der Waals surface area contributed by atoms with E-state index in [2.05, 4.69) is 42.3 Å². The zero-order valence-corrected chi connectivity index (χ0v) is 24.7. The van der Waals surface area contributed by atoms with Crippen molar-refractivity contribution >= 4 is 22.6 Å². The van der Waals surface area contributed by atoms with Crippen LogP contribution in [0.25, 0.3) is 11.4 Å². The molecule has 2 aromatic heterocycles. The maximum atomic E-state index is 12.1. The minimum absolute atomic E-state index is 0.282. The first-order valence-electron chi connectivity index (χ1n) is 12.1. The van der Waals surface area contributed by atoms with Gasteiger partial charge in [-0.3, -0.25) is 0 Å². The van der Waals surface area contributed by atoms with Crippen molar-refractivity contribution in [3.8, 4) is 34.6 Å². The topological polar surface area (TPSA) is 91.0 Å². The summed E-state index contributed by atoms with van der Waals surface area (Å²) in [4.78, 5) is 0. The fraction of sp³-hybridized carbons (Fsp3) is 0.308. The van der Waals surface area contributed by atoms with Crippen LogP contribution in [0.3, 0.4) is 0 Å². The Bertz CT molecular complexity index is 1400. The number of benzene rings is 2. The summed E-state index contributed by atoms with van der Waals surface area (Å²) >= 11 is 2.06. The average Bonchev–Trinajstić information content (AvgIpc) is 3.55. The van der Waals surface area contributed by atoms with E-state index >= 15 is 0 Å². The van der Waals surface area contributed by atoms with Crippen molar-refractivity contribution in [2.24, 2.45) is 0 Å². The van der Waals surface area contributed by atoms with Gasteiger partial charge in [0.15, 0.2) is 0 Å². The van der Waals surface area contributed by atoms with E-state index in [0.717, 1.165) is 3.57 Å². The van der Waals surface area contributed by atoms with Gasteiger partial charge >= 0.3 is 12.7 Å². The molecule has 43 heavy (non-hydrogen) atoms. The maximum Gasteiger partial charge on any atom is 0.573 e. The van der Waals surface area contributed by atoms with Crippen molar-refractivity contribution in [2.75, 3.05) is 40.6 Å². The monoisotopic (exact) mass is 730 g/mol. The average molecular weight is 730 g/mol. The quantitative estimate of drug-likeness (QED) is 0.0969. The van der Waals surface area contributed by atoms with Gasteiger partial charge in [-0.25, -0.2) is 9.36 Å². The standard InChI is InChI=1S/C13H12F3IN2O3.C13H13F3N2O3/c1-20-6-7-21-12-11(17)8-19(18-12)9-2-4-10(5-3-9)22-13(14,15)16;1-19-8-9-20-12-6-7-18(17-12)10-2-4-11(5-3-10)21-13(14,15)16/h2-5,8H,6-7H2,1H3;2-7H,8-9H2,1H3. The van der Waals surface area contributed by atoms with Crippen molar-refractivity contribution < 1.29 is 54.8 Å². The fourth-order valence-corrected chi connectivity index (χ4v) is 3.67. The van der Waals surface area contributed by atoms with Gasteiger partial charge in [0.1, 0.15) is 24.7 Å². The van der Waals surface area contributed by atoms with Crippen molar-refractivity contribution in [3.63, 3.8) is 0 Å². The van der Waals surface area contributed by atoms with Gasteiger partial charge in [0, 0.05) is 32.7 Å². The summed E-state index contributed by atoms with van der Waals surface area (Å²) in [5.41, 5.74) is 1.18. The third kappa shape index (κ3) is 11.8. The molecule has 10 nitrogen and oxygen atoms in total. The molecule has 234 valence electrons. The van der Waals surface area contributed by atoms with Crippen LogP contribution in [0.2, 0.25) is 0 Å². The van der Waals surface area contributed by atoms with Gasteiger partial charge in [-0.1, -0.05) is 0 Å². The molecule has 0 aliphatic rings. The summed E-state index contributed by atoms with van der Waals surface area (Å²) < 4.78 is 104. The minimum Gasteiger partial charge on any atom is -0.474 e. The highest BCUT2D eigenvalue weighted by Gasteiger charge is 2.31. The van der Waals surface area contributed by atoms with Crippen molar-refractivity contribution in [3.05, 3.63) is 70.6 Å². The lowest BCUT2D eigenvalue weighted by molar-refractivity contribution is -0.275. The highest BCUT2D eigenvalue weighted by atomic mass is 127. The first-order chi connectivity index (χ1) is 20.4. The number of aromatic nitrogens is 4. The highest BCUT2D eigenvalue weighted by molar-refractivity contribution is 14.1. The molecule has 0 N–H and O–H groups in total. The molecule has 0 unspecified atom stereocenters. The zero-order valence-electron chi connectivity index (χ0n) is 22.6. The number of ether oxygens (including phenoxy) is 6. The molecule has 2 heterocycles. The van der Waals surface area contributed by atoms with Gasteiger partial charge in [0.25, 0.3) is 0 Å². The van der Waals surface area contributed by atoms with Crippen LogP contribution in [0, 0.1) is 3.57 Å². The molecule has 0 aliphatic carbocycles.